The number of hydrogen-bond donors (Lipinski definition) is 1. The van der Waals surface area contributed by atoms with Crippen LogP contribution in [0.3, 0.4) is 0 Å². The smallest absolute Gasteiger partial charge is 0.230 e. The van der Waals surface area contributed by atoms with Crippen LogP contribution in [0.2, 0.25) is 0 Å². The van der Waals surface area contributed by atoms with Gasteiger partial charge in [0.2, 0.25) is 5.91 Å². The van der Waals surface area contributed by atoms with E-state index in [4.69, 9.17) is 0 Å². The lowest BCUT2D eigenvalue weighted by atomic mass is 10.1. The predicted octanol–water partition coefficient (Wildman–Crippen LogP) is 4.36. The van der Waals surface area contributed by atoms with Crippen LogP contribution in [0, 0.1) is 0 Å². The zero-order valence-corrected chi connectivity index (χ0v) is 18.0. The van der Waals surface area contributed by atoms with Crippen LogP contribution in [-0.4, -0.2) is 31.4 Å². The van der Waals surface area contributed by atoms with Crippen molar-refractivity contribution in [3.63, 3.8) is 0 Å². The first-order valence-electron chi connectivity index (χ1n) is 10.1. The number of rotatable bonds is 8. The Morgan fingerprint density at radius 3 is 2.35 bits per heavy atom. The third-order valence-electron chi connectivity index (χ3n) is 4.85. The molecule has 1 N–H and O–H groups in total. The van der Waals surface area contributed by atoms with Crippen molar-refractivity contribution in [3.8, 4) is 11.4 Å². The number of nitrogens with one attached hydrogen (secondary N) is 1. The average molecular weight is 430 g/mol. The first-order chi connectivity index (χ1) is 15.2. The largest absolute Gasteiger partial charge is 0.349 e. The molecular formula is C24H23N5OS. The Kier molecular flexibility index (Phi) is 6.74. The lowest BCUT2D eigenvalue weighted by Crippen LogP contribution is -2.28. The zero-order valence-electron chi connectivity index (χ0n) is 17.2. The molecule has 0 fully saturated rings. The minimum absolute atomic E-state index is 0.0407. The molecule has 31 heavy (non-hydrogen) atoms. The highest BCUT2D eigenvalue weighted by atomic mass is 32.2. The lowest BCUT2D eigenvalue weighted by molar-refractivity contribution is -0.119. The van der Waals surface area contributed by atoms with E-state index in [0.717, 1.165) is 22.5 Å². The van der Waals surface area contributed by atoms with Gasteiger partial charge in [-0.1, -0.05) is 72.4 Å². The van der Waals surface area contributed by atoms with Gasteiger partial charge in [-0.2, -0.15) is 0 Å². The average Bonchev–Trinajstić information content (AvgIpc) is 3.22. The Morgan fingerprint density at radius 2 is 1.65 bits per heavy atom. The fourth-order valence-electron chi connectivity index (χ4n) is 3.26. The third-order valence-corrected chi connectivity index (χ3v) is 5.82. The van der Waals surface area contributed by atoms with E-state index in [1.54, 1.807) is 12.4 Å². The molecular weight excluding hydrogens is 406 g/mol. The van der Waals surface area contributed by atoms with E-state index < -0.39 is 0 Å². The summed E-state index contributed by atoms with van der Waals surface area (Å²) in [6.07, 6.45) is 3.48. The van der Waals surface area contributed by atoms with Crippen LogP contribution in [0.4, 0.5) is 0 Å². The van der Waals surface area contributed by atoms with E-state index in [9.17, 15) is 4.79 Å². The number of carbonyl (C=O) groups is 1. The summed E-state index contributed by atoms with van der Waals surface area (Å²) >= 11 is 1.39. The number of nitrogens with zero attached hydrogens (tertiary/aromatic N) is 4. The highest BCUT2D eigenvalue weighted by Gasteiger charge is 2.17. The SMILES string of the molecule is CC(NC(=O)CSc1nnc(-c2ccncc2)n1Cc1ccccc1)c1ccccc1. The normalized spacial score (nSPS) is 11.8. The van der Waals surface area contributed by atoms with E-state index in [1.807, 2.05) is 72.2 Å². The number of pyridine rings is 1. The molecule has 0 aliphatic rings. The van der Waals surface area contributed by atoms with E-state index >= 15 is 0 Å². The molecule has 4 aromatic rings. The van der Waals surface area contributed by atoms with Crippen LogP contribution in [0.15, 0.2) is 90.3 Å². The van der Waals surface area contributed by atoms with Gasteiger partial charge in [-0.25, -0.2) is 0 Å². The molecule has 156 valence electrons. The standard InChI is InChI=1S/C24H23N5OS/c1-18(20-10-6-3-7-11-20)26-22(30)17-31-24-28-27-23(21-12-14-25-15-13-21)29(24)16-19-8-4-2-5-9-19/h2-15,18H,16-17H2,1H3,(H,26,30). The molecule has 2 heterocycles. The Morgan fingerprint density at radius 1 is 0.968 bits per heavy atom. The summed E-state index contributed by atoms with van der Waals surface area (Å²) in [5.41, 5.74) is 3.15. The van der Waals surface area contributed by atoms with E-state index in [-0.39, 0.29) is 17.7 Å². The summed E-state index contributed by atoms with van der Waals surface area (Å²) < 4.78 is 2.04. The molecule has 0 bridgehead atoms. The van der Waals surface area contributed by atoms with Crippen LogP contribution < -0.4 is 5.32 Å². The van der Waals surface area contributed by atoms with Gasteiger partial charge in [0.15, 0.2) is 11.0 Å². The molecule has 1 amide bonds. The van der Waals surface area contributed by atoms with Crippen LogP contribution in [0.5, 0.6) is 0 Å². The van der Waals surface area contributed by atoms with Gasteiger partial charge in [-0.3, -0.25) is 14.3 Å². The second-order valence-corrected chi connectivity index (χ2v) is 8.04. The quantitative estimate of drug-likeness (QED) is 0.422. The zero-order chi connectivity index (χ0) is 21.5. The van der Waals surface area contributed by atoms with Crippen molar-refractivity contribution in [2.75, 3.05) is 5.75 Å². The van der Waals surface area contributed by atoms with Gasteiger partial charge in [0.25, 0.3) is 0 Å². The molecule has 7 heteroatoms. The molecule has 0 saturated carbocycles. The molecule has 2 aromatic heterocycles. The van der Waals surface area contributed by atoms with Crippen molar-refractivity contribution in [1.29, 1.82) is 0 Å². The van der Waals surface area contributed by atoms with Crippen LogP contribution >= 0.6 is 11.8 Å². The summed E-state index contributed by atoms with van der Waals surface area (Å²) in [5.74, 6) is 0.980. The number of amides is 1. The summed E-state index contributed by atoms with van der Waals surface area (Å²) in [6.45, 7) is 2.60. The highest BCUT2D eigenvalue weighted by Crippen LogP contribution is 2.25. The van der Waals surface area contributed by atoms with Crippen molar-refractivity contribution in [3.05, 3.63) is 96.3 Å². The van der Waals surface area contributed by atoms with E-state index in [1.165, 1.54) is 11.8 Å². The van der Waals surface area contributed by atoms with E-state index in [0.29, 0.717) is 11.7 Å². The topological polar surface area (TPSA) is 72.7 Å². The minimum atomic E-state index is -0.0520. The van der Waals surface area contributed by atoms with Crippen LogP contribution in [0.1, 0.15) is 24.1 Å². The van der Waals surface area contributed by atoms with E-state index in [2.05, 4.69) is 32.6 Å². The fourth-order valence-corrected chi connectivity index (χ4v) is 4.01. The second kappa shape index (κ2) is 10.0. The van der Waals surface area contributed by atoms with Crippen molar-refractivity contribution in [2.45, 2.75) is 24.7 Å². The van der Waals surface area contributed by atoms with Gasteiger partial charge < -0.3 is 5.32 Å². The summed E-state index contributed by atoms with van der Waals surface area (Å²) in [4.78, 5) is 16.6. The van der Waals surface area contributed by atoms with Gasteiger partial charge >= 0.3 is 0 Å². The molecule has 1 unspecified atom stereocenters. The Bertz CT molecular complexity index is 1120. The summed E-state index contributed by atoms with van der Waals surface area (Å²) in [6, 6.07) is 23.9. The molecule has 4 rings (SSSR count). The molecule has 0 saturated heterocycles. The van der Waals surface area contributed by atoms with Gasteiger partial charge in [-0.05, 0) is 30.2 Å². The highest BCUT2D eigenvalue weighted by molar-refractivity contribution is 7.99. The minimum Gasteiger partial charge on any atom is -0.349 e. The number of benzene rings is 2. The van der Waals surface area contributed by atoms with Crippen LogP contribution in [-0.2, 0) is 11.3 Å². The molecule has 2 aromatic carbocycles. The Balaban J connectivity index is 1.50. The third kappa shape index (κ3) is 5.38. The fraction of sp³-hybridized carbons (Fsp3) is 0.167. The van der Waals surface area contributed by atoms with Gasteiger partial charge in [-0.15, -0.1) is 10.2 Å². The van der Waals surface area contributed by atoms with Crippen molar-refractivity contribution >= 4 is 17.7 Å². The van der Waals surface area contributed by atoms with Crippen LogP contribution in [0.25, 0.3) is 11.4 Å². The van der Waals surface area contributed by atoms with Gasteiger partial charge in [0.05, 0.1) is 18.3 Å². The first-order valence-corrected chi connectivity index (χ1v) is 11.0. The van der Waals surface area contributed by atoms with Crippen molar-refractivity contribution < 1.29 is 4.79 Å². The molecule has 0 radical (unpaired) electrons. The second-order valence-electron chi connectivity index (χ2n) is 7.10. The molecule has 6 nitrogen and oxygen atoms in total. The van der Waals surface area contributed by atoms with Crippen molar-refractivity contribution in [1.82, 2.24) is 25.1 Å². The Hall–Kier alpha value is -3.45. The monoisotopic (exact) mass is 429 g/mol. The number of thioether (sulfide) groups is 1. The number of hydrogen-bond acceptors (Lipinski definition) is 5. The number of aromatic nitrogens is 4. The lowest BCUT2D eigenvalue weighted by Gasteiger charge is -2.14. The van der Waals surface area contributed by atoms with Crippen molar-refractivity contribution in [2.24, 2.45) is 0 Å². The molecule has 0 aliphatic heterocycles. The first kappa shape index (κ1) is 20.8. The molecule has 1 atom stereocenters. The molecule has 0 spiro atoms. The number of carbonyl (C=O) groups excluding carboxylic acids is 1. The summed E-state index contributed by atoms with van der Waals surface area (Å²) in [7, 11) is 0. The maximum atomic E-state index is 12.5. The predicted molar refractivity (Wildman–Crippen MR) is 123 cm³/mol. The Labute approximate surface area is 185 Å². The summed E-state index contributed by atoms with van der Waals surface area (Å²) in [5, 5.41) is 12.5. The maximum absolute atomic E-state index is 12.5. The molecule has 0 aliphatic carbocycles. The maximum Gasteiger partial charge on any atom is 0.230 e. The van der Waals surface area contributed by atoms with Gasteiger partial charge in [0, 0.05) is 18.0 Å². The van der Waals surface area contributed by atoms with Gasteiger partial charge in [0.1, 0.15) is 0 Å².